The van der Waals surface area contributed by atoms with Gasteiger partial charge in [0.2, 0.25) is 5.91 Å². The fourth-order valence-electron chi connectivity index (χ4n) is 7.57. The van der Waals surface area contributed by atoms with Crippen molar-refractivity contribution in [3.05, 3.63) is 59.9 Å². The van der Waals surface area contributed by atoms with E-state index in [1.165, 1.54) is 5.19 Å². The highest BCUT2D eigenvalue weighted by molar-refractivity contribution is 6.91. The number of aliphatic hydroxyl groups excluding tert-OH is 1. The Bertz CT molecular complexity index is 1510. The van der Waals surface area contributed by atoms with Crippen LogP contribution in [0.5, 0.6) is 5.75 Å². The Balaban J connectivity index is 1.39. The number of carbonyl (C=O) groups excluding carboxylic acids is 2. The molecule has 43 heavy (non-hydrogen) atoms. The molecule has 0 radical (unpaired) electrons. The molecular formula is C32H41N5O5Si. The normalized spacial score (nSPS) is 25.3. The van der Waals surface area contributed by atoms with Crippen molar-refractivity contribution in [2.75, 3.05) is 30.5 Å². The van der Waals surface area contributed by atoms with Gasteiger partial charge >= 0.3 is 0 Å². The van der Waals surface area contributed by atoms with Gasteiger partial charge in [0.1, 0.15) is 5.75 Å². The number of piperidine rings is 1. The summed E-state index contributed by atoms with van der Waals surface area (Å²) in [5.74, 6) is 0.659. The molecule has 0 saturated carbocycles. The summed E-state index contributed by atoms with van der Waals surface area (Å²) in [6.45, 7) is 8.15. The van der Waals surface area contributed by atoms with Gasteiger partial charge in [-0.25, -0.2) is 0 Å². The molecule has 1 aromatic heterocycles. The number of ether oxygens (including phenoxy) is 2. The first-order valence-electron chi connectivity index (χ1n) is 15.3. The molecule has 0 bridgehead atoms. The summed E-state index contributed by atoms with van der Waals surface area (Å²) in [5, 5.41) is 22.2. The van der Waals surface area contributed by atoms with Gasteiger partial charge in [-0.05, 0) is 55.1 Å². The quantitative estimate of drug-likeness (QED) is 0.359. The predicted molar refractivity (Wildman–Crippen MR) is 166 cm³/mol. The first-order chi connectivity index (χ1) is 20.7. The third kappa shape index (κ3) is 5.06. The fraction of sp³-hybridized carbons (Fsp3) is 0.500. The third-order valence-electron chi connectivity index (χ3n) is 9.81. The van der Waals surface area contributed by atoms with Crippen molar-refractivity contribution in [2.24, 2.45) is 5.92 Å². The molecule has 1 spiro atoms. The maximum Gasteiger partial charge on any atom is 0.261 e. The number of carbonyl (C=O) groups is 2. The number of amides is 2. The lowest BCUT2D eigenvalue weighted by molar-refractivity contribution is -0.143. The number of aromatic nitrogens is 3. The maximum absolute atomic E-state index is 14.0. The van der Waals surface area contributed by atoms with Crippen molar-refractivity contribution in [1.82, 2.24) is 15.0 Å². The lowest BCUT2D eigenvalue weighted by Crippen LogP contribution is -2.51. The average Bonchev–Trinajstić information content (AvgIpc) is 3.66. The molecule has 228 valence electrons. The van der Waals surface area contributed by atoms with Gasteiger partial charge in [0.25, 0.3) is 5.91 Å². The van der Waals surface area contributed by atoms with Crippen LogP contribution in [0.25, 0.3) is 0 Å². The van der Waals surface area contributed by atoms with Gasteiger partial charge in [-0.15, -0.1) is 5.10 Å². The van der Waals surface area contributed by atoms with E-state index in [9.17, 15) is 14.7 Å². The highest BCUT2D eigenvalue weighted by Gasteiger charge is 2.64. The SMILES string of the molecule is COc1ccc([Si](C)(C)[C@H]2[C@H](CCn3cc(CCO)nn3)O[C@@]3(C(=O)Nc4ccc(N5CCCCC5=O)cc43)[C@@H]2C)cc1. The van der Waals surface area contributed by atoms with E-state index in [0.717, 1.165) is 41.2 Å². The highest BCUT2D eigenvalue weighted by atomic mass is 28.3. The number of nitrogens with zero attached hydrogens (tertiary/aromatic N) is 4. The lowest BCUT2D eigenvalue weighted by atomic mass is 9.82. The van der Waals surface area contributed by atoms with Crippen LogP contribution in [0.2, 0.25) is 18.6 Å². The first-order valence-corrected chi connectivity index (χ1v) is 18.4. The van der Waals surface area contributed by atoms with Gasteiger partial charge in [-0.2, -0.15) is 0 Å². The minimum absolute atomic E-state index is 0.0216. The van der Waals surface area contributed by atoms with E-state index in [1.54, 1.807) is 11.8 Å². The molecule has 11 heteroatoms. The number of hydrogen-bond acceptors (Lipinski definition) is 7. The van der Waals surface area contributed by atoms with Crippen LogP contribution in [0.15, 0.2) is 48.7 Å². The van der Waals surface area contributed by atoms with Crippen molar-refractivity contribution >= 4 is 36.4 Å². The number of rotatable bonds is 9. The van der Waals surface area contributed by atoms with Crippen LogP contribution in [0, 0.1) is 5.92 Å². The molecule has 3 aromatic rings. The zero-order valence-electron chi connectivity index (χ0n) is 25.4. The highest BCUT2D eigenvalue weighted by Crippen LogP contribution is 2.59. The number of aryl methyl sites for hydroxylation is 1. The Morgan fingerprint density at radius 2 is 1.95 bits per heavy atom. The number of aliphatic hydroxyl groups is 1. The smallest absolute Gasteiger partial charge is 0.261 e. The van der Waals surface area contributed by atoms with E-state index < -0.39 is 13.7 Å². The minimum atomic E-state index is -2.26. The molecular weight excluding hydrogens is 562 g/mol. The van der Waals surface area contributed by atoms with Crippen LogP contribution in [0.1, 0.15) is 43.9 Å². The van der Waals surface area contributed by atoms with E-state index >= 15 is 0 Å². The monoisotopic (exact) mass is 603 g/mol. The van der Waals surface area contributed by atoms with Crippen LogP contribution in [-0.4, -0.2) is 66.4 Å². The molecule has 10 nitrogen and oxygen atoms in total. The zero-order chi connectivity index (χ0) is 30.4. The molecule has 3 aliphatic heterocycles. The summed E-state index contributed by atoms with van der Waals surface area (Å²) in [7, 11) is -0.590. The van der Waals surface area contributed by atoms with Crippen molar-refractivity contribution in [3.8, 4) is 5.75 Å². The second-order valence-corrected chi connectivity index (χ2v) is 17.3. The van der Waals surface area contributed by atoms with Gasteiger partial charge in [0, 0.05) is 61.6 Å². The summed E-state index contributed by atoms with van der Waals surface area (Å²) in [5.41, 5.74) is 2.06. The van der Waals surface area contributed by atoms with Crippen molar-refractivity contribution in [3.63, 3.8) is 0 Å². The van der Waals surface area contributed by atoms with E-state index in [-0.39, 0.29) is 36.0 Å². The van der Waals surface area contributed by atoms with E-state index in [0.29, 0.717) is 32.4 Å². The summed E-state index contributed by atoms with van der Waals surface area (Å²) in [4.78, 5) is 28.7. The topological polar surface area (TPSA) is 119 Å². The molecule has 2 saturated heterocycles. The number of benzene rings is 2. The van der Waals surface area contributed by atoms with Gasteiger partial charge in [-0.3, -0.25) is 14.3 Å². The van der Waals surface area contributed by atoms with Gasteiger partial charge in [-0.1, -0.05) is 42.6 Å². The Morgan fingerprint density at radius 3 is 2.67 bits per heavy atom. The Labute approximate surface area is 253 Å². The molecule has 2 amide bonds. The van der Waals surface area contributed by atoms with Crippen molar-refractivity contribution < 1.29 is 24.2 Å². The maximum atomic E-state index is 14.0. The zero-order valence-corrected chi connectivity index (χ0v) is 26.4. The summed E-state index contributed by atoms with van der Waals surface area (Å²) >= 11 is 0. The Hall–Kier alpha value is -3.54. The van der Waals surface area contributed by atoms with Crippen LogP contribution in [0.3, 0.4) is 0 Å². The van der Waals surface area contributed by atoms with Crippen LogP contribution in [-0.2, 0) is 32.9 Å². The second-order valence-electron chi connectivity index (χ2n) is 12.6. The van der Waals surface area contributed by atoms with Crippen LogP contribution < -0.4 is 20.1 Å². The molecule has 0 aliphatic carbocycles. The van der Waals surface area contributed by atoms with Crippen molar-refractivity contribution in [2.45, 2.75) is 75.9 Å². The molecule has 2 fully saturated rings. The second kappa shape index (κ2) is 11.5. The molecule has 4 atom stereocenters. The third-order valence-corrected chi connectivity index (χ3v) is 14.2. The van der Waals surface area contributed by atoms with E-state index in [1.807, 2.05) is 41.4 Å². The van der Waals surface area contributed by atoms with Gasteiger partial charge < -0.3 is 24.8 Å². The molecule has 3 aliphatic rings. The minimum Gasteiger partial charge on any atom is -0.497 e. The standard InChI is InChI=1S/C32H41N5O5Si/c1-21-30(43(3,4)25-11-9-24(41-2)10-12-25)28(14-17-36-20-22(15-18-38)34-35-36)42-32(21)26-19-23(8-13-27(26)33-31(32)40)37-16-6-5-7-29(37)39/h8-13,19-21,28,30,38H,5-7,14-18H2,1-4H3,(H,33,40)/t21-,28+,30-,32+/m1/s1. The number of anilines is 2. The largest absolute Gasteiger partial charge is 0.497 e. The Morgan fingerprint density at radius 1 is 1.16 bits per heavy atom. The fourth-order valence-corrected chi connectivity index (χ4v) is 11.6. The van der Waals surface area contributed by atoms with Crippen molar-refractivity contribution in [1.29, 1.82) is 0 Å². The van der Waals surface area contributed by atoms with Crippen LogP contribution in [0.4, 0.5) is 11.4 Å². The van der Waals surface area contributed by atoms with Gasteiger partial charge in [0.15, 0.2) is 5.60 Å². The summed E-state index contributed by atoms with van der Waals surface area (Å²) < 4.78 is 14.3. The molecule has 0 unspecified atom stereocenters. The Kier molecular flexibility index (Phi) is 7.91. The summed E-state index contributed by atoms with van der Waals surface area (Å²) in [6, 6.07) is 14.2. The van der Waals surface area contributed by atoms with Crippen LogP contribution >= 0.6 is 0 Å². The molecule has 2 aromatic carbocycles. The predicted octanol–water partition coefficient (Wildman–Crippen LogP) is 3.60. The summed E-state index contributed by atoms with van der Waals surface area (Å²) in [6.07, 6.45) is 5.17. The molecule has 4 heterocycles. The molecule has 6 rings (SSSR count). The number of methoxy groups -OCH3 is 1. The first kappa shape index (κ1) is 29.5. The average molecular weight is 604 g/mol. The number of nitrogens with one attached hydrogen (secondary N) is 1. The van der Waals surface area contributed by atoms with E-state index in [4.69, 9.17) is 9.47 Å². The van der Waals surface area contributed by atoms with Gasteiger partial charge in [0.05, 0.1) is 27.0 Å². The lowest BCUT2D eigenvalue weighted by Gasteiger charge is -2.37. The molecule has 2 N–H and O–H groups in total. The number of fused-ring (bicyclic) bond motifs is 2. The number of hydrogen-bond donors (Lipinski definition) is 2. The van der Waals surface area contributed by atoms with E-state index in [2.05, 4.69) is 47.8 Å².